The molecule has 0 bridgehead atoms. The van der Waals surface area contributed by atoms with Crippen molar-refractivity contribution in [1.82, 2.24) is 9.29 Å². The van der Waals surface area contributed by atoms with Gasteiger partial charge in [-0.05, 0) is 54.2 Å². The Bertz CT molecular complexity index is 1480. The van der Waals surface area contributed by atoms with Crippen LogP contribution < -0.4 is 16.2 Å². The third kappa shape index (κ3) is 4.32. The van der Waals surface area contributed by atoms with E-state index in [4.69, 9.17) is 16.9 Å². The number of nitrogen functional groups attached to an aromatic ring is 1. The van der Waals surface area contributed by atoms with Crippen molar-refractivity contribution in [3.63, 3.8) is 0 Å². The number of amidine groups is 1. The zero-order valence-electron chi connectivity index (χ0n) is 18.9. The Balaban J connectivity index is 1.62. The van der Waals surface area contributed by atoms with Crippen LogP contribution in [0.2, 0.25) is 0 Å². The van der Waals surface area contributed by atoms with Gasteiger partial charge in [0.15, 0.2) is 5.03 Å². The number of sulfonamides is 1. The van der Waals surface area contributed by atoms with Crippen LogP contribution in [0.4, 0.5) is 0 Å². The van der Waals surface area contributed by atoms with E-state index in [0.717, 1.165) is 52.9 Å². The number of aromatic nitrogens is 1. The third-order valence-electron chi connectivity index (χ3n) is 6.75. The van der Waals surface area contributed by atoms with Gasteiger partial charge in [0.05, 0.1) is 5.52 Å². The zero-order valence-corrected chi connectivity index (χ0v) is 19.7. The fourth-order valence-corrected chi connectivity index (χ4v) is 6.43. The summed E-state index contributed by atoms with van der Waals surface area (Å²) in [7, 11) is -3.79. The maximum atomic E-state index is 13.6. The first kappa shape index (κ1) is 22.6. The molecule has 0 unspecified atom stereocenters. The number of fused-ring (bicyclic) bond motifs is 2. The molecule has 0 saturated heterocycles. The van der Waals surface area contributed by atoms with Crippen LogP contribution in [0.15, 0.2) is 71.8 Å². The van der Waals surface area contributed by atoms with E-state index in [9.17, 15) is 8.42 Å². The second kappa shape index (κ2) is 8.87. The molecule has 0 aliphatic heterocycles. The average Bonchev–Trinajstić information content (AvgIpc) is 3.19. The second-order valence-electron chi connectivity index (χ2n) is 9.13. The molecule has 1 fully saturated rings. The zero-order chi connectivity index (χ0) is 23.9. The van der Waals surface area contributed by atoms with E-state index in [-0.39, 0.29) is 22.9 Å². The highest BCUT2D eigenvalue weighted by atomic mass is 32.2. The summed E-state index contributed by atoms with van der Waals surface area (Å²) in [5, 5.41) is 11.0. The lowest BCUT2D eigenvalue weighted by Crippen LogP contribution is -2.41. The van der Waals surface area contributed by atoms with Crippen LogP contribution in [0.3, 0.4) is 0 Å². The van der Waals surface area contributed by atoms with Crippen LogP contribution >= 0.6 is 0 Å². The molecule has 1 aliphatic rings. The van der Waals surface area contributed by atoms with Gasteiger partial charge >= 0.3 is 0 Å². The first-order chi connectivity index (χ1) is 16.3. The van der Waals surface area contributed by atoms with E-state index < -0.39 is 10.0 Å². The normalized spacial score (nSPS) is 19.0. The van der Waals surface area contributed by atoms with Crippen LogP contribution in [0.25, 0.3) is 21.7 Å². The molecule has 0 radical (unpaired) electrons. The van der Waals surface area contributed by atoms with Crippen molar-refractivity contribution >= 4 is 37.5 Å². The lowest BCUT2D eigenvalue weighted by molar-refractivity contribution is 0.373. The summed E-state index contributed by atoms with van der Waals surface area (Å²) in [4.78, 5) is 0. The largest absolute Gasteiger partial charge is 0.384 e. The Morgan fingerprint density at radius 3 is 2.47 bits per heavy atom. The van der Waals surface area contributed by atoms with Gasteiger partial charge in [-0.2, -0.15) is 0 Å². The molecule has 3 aromatic carbocycles. The molecule has 1 saturated carbocycles. The predicted octanol–water partition coefficient (Wildman–Crippen LogP) is 3.68. The predicted molar refractivity (Wildman–Crippen MR) is 137 cm³/mol. The maximum Gasteiger partial charge on any atom is 0.256 e. The van der Waals surface area contributed by atoms with Gasteiger partial charge in [0, 0.05) is 29.6 Å². The van der Waals surface area contributed by atoms with Crippen molar-refractivity contribution in [3.05, 3.63) is 77.9 Å². The SMILES string of the molecule is N=C(N)c1ccc2cc(S(=O)(=O)NC3CCC(N)CC3)n(Cc3cccc4ccccc34)c2c1. The molecular formula is C26H29N5O2S. The van der Waals surface area contributed by atoms with Crippen molar-refractivity contribution in [3.8, 4) is 0 Å². The second-order valence-corrected chi connectivity index (χ2v) is 10.8. The molecule has 8 heteroatoms. The molecule has 1 aliphatic carbocycles. The number of rotatable bonds is 6. The van der Waals surface area contributed by atoms with E-state index >= 15 is 0 Å². The Hall–Kier alpha value is -3.20. The number of nitrogens with two attached hydrogens (primary N) is 2. The summed E-state index contributed by atoms with van der Waals surface area (Å²) in [6.45, 7) is 0.373. The molecule has 34 heavy (non-hydrogen) atoms. The van der Waals surface area contributed by atoms with Gasteiger partial charge in [0.1, 0.15) is 5.84 Å². The van der Waals surface area contributed by atoms with Gasteiger partial charge in [-0.15, -0.1) is 0 Å². The lowest BCUT2D eigenvalue weighted by Gasteiger charge is -2.26. The van der Waals surface area contributed by atoms with E-state index in [2.05, 4.69) is 10.8 Å². The summed E-state index contributed by atoms with van der Waals surface area (Å²) in [6, 6.07) is 21.2. The molecule has 0 atom stereocenters. The van der Waals surface area contributed by atoms with Crippen molar-refractivity contribution < 1.29 is 8.42 Å². The van der Waals surface area contributed by atoms with Crippen molar-refractivity contribution in [2.24, 2.45) is 11.5 Å². The van der Waals surface area contributed by atoms with Gasteiger partial charge < -0.3 is 16.0 Å². The maximum absolute atomic E-state index is 13.6. The molecule has 0 spiro atoms. The molecule has 7 nitrogen and oxygen atoms in total. The highest BCUT2D eigenvalue weighted by Crippen LogP contribution is 2.29. The molecule has 176 valence electrons. The number of hydrogen-bond donors (Lipinski definition) is 4. The van der Waals surface area contributed by atoms with Crippen LogP contribution in [-0.4, -0.2) is 30.9 Å². The van der Waals surface area contributed by atoms with E-state index in [1.165, 1.54) is 0 Å². The Labute approximate surface area is 199 Å². The fraction of sp³-hybridized carbons (Fsp3) is 0.269. The van der Waals surface area contributed by atoms with Crippen molar-refractivity contribution in [2.75, 3.05) is 0 Å². The van der Waals surface area contributed by atoms with Gasteiger partial charge in [0.25, 0.3) is 10.0 Å². The van der Waals surface area contributed by atoms with Gasteiger partial charge in [-0.25, -0.2) is 13.1 Å². The lowest BCUT2D eigenvalue weighted by atomic mass is 9.93. The van der Waals surface area contributed by atoms with Crippen LogP contribution in [0, 0.1) is 5.41 Å². The number of benzene rings is 3. The minimum Gasteiger partial charge on any atom is -0.384 e. The molecule has 1 heterocycles. The van der Waals surface area contributed by atoms with Crippen LogP contribution in [0.1, 0.15) is 36.8 Å². The Morgan fingerprint density at radius 1 is 0.971 bits per heavy atom. The number of hydrogen-bond acceptors (Lipinski definition) is 4. The third-order valence-corrected chi connectivity index (χ3v) is 8.29. The number of nitrogens with one attached hydrogen (secondary N) is 2. The summed E-state index contributed by atoms with van der Waals surface area (Å²) in [5.74, 6) is -0.0547. The quantitative estimate of drug-likeness (QED) is 0.251. The van der Waals surface area contributed by atoms with Gasteiger partial charge in [-0.3, -0.25) is 5.41 Å². The summed E-state index contributed by atoms with van der Waals surface area (Å²) in [5.41, 5.74) is 14.1. The smallest absolute Gasteiger partial charge is 0.256 e. The van der Waals surface area contributed by atoms with Gasteiger partial charge in [0.2, 0.25) is 0 Å². The molecule has 0 amide bonds. The average molecular weight is 476 g/mol. The Morgan fingerprint density at radius 2 is 1.71 bits per heavy atom. The van der Waals surface area contributed by atoms with E-state index in [0.29, 0.717) is 12.1 Å². The standard InChI is InChI=1S/C26H29N5O2S/c27-21-10-12-22(13-11-21)30-34(32,33)25-15-18-8-9-19(26(28)29)14-24(18)31(25)16-20-6-3-5-17-4-1-2-7-23(17)20/h1-9,14-15,21-22,30H,10-13,16,27H2,(H3,28,29). The number of nitrogens with zero attached hydrogens (tertiary/aromatic N) is 1. The first-order valence-electron chi connectivity index (χ1n) is 11.5. The minimum atomic E-state index is -3.79. The minimum absolute atomic E-state index is 0.0547. The molecular weight excluding hydrogens is 446 g/mol. The first-order valence-corrected chi connectivity index (χ1v) is 13.0. The van der Waals surface area contributed by atoms with Crippen LogP contribution in [-0.2, 0) is 16.6 Å². The topological polar surface area (TPSA) is 127 Å². The fourth-order valence-electron chi connectivity index (χ4n) is 4.90. The summed E-state index contributed by atoms with van der Waals surface area (Å²) in [6.07, 6.45) is 3.10. The van der Waals surface area contributed by atoms with Gasteiger partial charge in [-0.1, -0.05) is 54.6 Å². The van der Waals surface area contributed by atoms with E-state index in [1.54, 1.807) is 18.2 Å². The van der Waals surface area contributed by atoms with E-state index in [1.807, 2.05) is 47.0 Å². The highest BCUT2D eigenvalue weighted by Gasteiger charge is 2.28. The van der Waals surface area contributed by atoms with Crippen LogP contribution in [0.5, 0.6) is 0 Å². The summed E-state index contributed by atoms with van der Waals surface area (Å²) < 4.78 is 32.0. The monoisotopic (exact) mass is 475 g/mol. The molecule has 4 aromatic rings. The molecule has 6 N–H and O–H groups in total. The highest BCUT2D eigenvalue weighted by molar-refractivity contribution is 7.89. The van der Waals surface area contributed by atoms with Crippen molar-refractivity contribution in [1.29, 1.82) is 5.41 Å². The molecule has 5 rings (SSSR count). The van der Waals surface area contributed by atoms with Crippen molar-refractivity contribution in [2.45, 2.75) is 49.3 Å². The molecule has 1 aromatic heterocycles. The Kier molecular flexibility index (Phi) is 5.89. The summed E-state index contributed by atoms with van der Waals surface area (Å²) >= 11 is 0.